The summed E-state index contributed by atoms with van der Waals surface area (Å²) in [5.74, 6) is 1.20. The van der Waals surface area contributed by atoms with Crippen LogP contribution in [-0.2, 0) is 4.74 Å². The molecule has 0 aromatic carbocycles. The molecule has 0 amide bonds. The molecule has 1 N–H and O–H groups in total. The zero-order valence-electron chi connectivity index (χ0n) is 14.8. The predicted octanol–water partition coefficient (Wildman–Crippen LogP) is 4.65. The van der Waals surface area contributed by atoms with Gasteiger partial charge in [-0.1, -0.05) is 34.6 Å². The molecular formula is C18H36O2. The van der Waals surface area contributed by atoms with E-state index in [2.05, 4.69) is 48.5 Å². The van der Waals surface area contributed by atoms with E-state index in [0.717, 1.165) is 25.9 Å². The quantitative estimate of drug-likeness (QED) is 0.657. The highest BCUT2D eigenvalue weighted by atomic mass is 16.5. The minimum Gasteiger partial charge on any atom is -0.396 e. The van der Waals surface area contributed by atoms with E-state index in [4.69, 9.17) is 4.74 Å². The first-order valence-electron chi connectivity index (χ1n) is 8.29. The average molecular weight is 284 g/mol. The molecule has 20 heavy (non-hydrogen) atoms. The van der Waals surface area contributed by atoms with Gasteiger partial charge in [-0.3, -0.25) is 0 Å². The lowest BCUT2D eigenvalue weighted by atomic mass is 9.56. The molecule has 0 heterocycles. The summed E-state index contributed by atoms with van der Waals surface area (Å²) in [6, 6.07) is 0. The van der Waals surface area contributed by atoms with Gasteiger partial charge in [-0.2, -0.15) is 0 Å². The SMILES string of the molecule is CC(C)C(C)(C)CCCOC(C)(C)C1(C)CC(CO)C1. The van der Waals surface area contributed by atoms with E-state index in [9.17, 15) is 5.11 Å². The number of aliphatic hydroxyl groups is 1. The fraction of sp³-hybridized carbons (Fsp3) is 1.00. The molecule has 1 rings (SSSR count). The van der Waals surface area contributed by atoms with Crippen molar-refractivity contribution >= 4 is 0 Å². The molecule has 0 radical (unpaired) electrons. The Hall–Kier alpha value is -0.0800. The van der Waals surface area contributed by atoms with Crippen molar-refractivity contribution in [2.75, 3.05) is 13.2 Å². The maximum absolute atomic E-state index is 9.20. The van der Waals surface area contributed by atoms with Crippen LogP contribution in [0.4, 0.5) is 0 Å². The second kappa shape index (κ2) is 6.36. The molecule has 0 aliphatic heterocycles. The summed E-state index contributed by atoms with van der Waals surface area (Å²) in [6.07, 6.45) is 4.53. The van der Waals surface area contributed by atoms with Crippen LogP contribution in [0.1, 0.15) is 74.1 Å². The molecule has 0 saturated heterocycles. The Morgan fingerprint density at radius 3 is 2.20 bits per heavy atom. The number of ether oxygens (including phenoxy) is 1. The summed E-state index contributed by atoms with van der Waals surface area (Å²) < 4.78 is 6.22. The van der Waals surface area contributed by atoms with Crippen molar-refractivity contribution in [2.45, 2.75) is 79.8 Å². The van der Waals surface area contributed by atoms with Gasteiger partial charge in [0, 0.05) is 13.2 Å². The molecule has 0 atom stereocenters. The molecule has 1 aliphatic carbocycles. The molecule has 0 unspecified atom stereocenters. The monoisotopic (exact) mass is 284 g/mol. The van der Waals surface area contributed by atoms with E-state index in [0.29, 0.717) is 23.9 Å². The van der Waals surface area contributed by atoms with Gasteiger partial charge in [0.05, 0.1) is 5.60 Å². The Kier molecular flexibility index (Phi) is 5.71. The molecule has 120 valence electrons. The Labute approximate surface area is 126 Å². The third-order valence-corrected chi connectivity index (χ3v) is 6.18. The van der Waals surface area contributed by atoms with E-state index < -0.39 is 0 Å². The molecule has 0 aromatic heterocycles. The van der Waals surface area contributed by atoms with E-state index in [1.807, 2.05) is 0 Å². The normalized spacial score (nSPS) is 27.8. The Morgan fingerprint density at radius 1 is 1.20 bits per heavy atom. The molecule has 1 fully saturated rings. The van der Waals surface area contributed by atoms with Crippen LogP contribution in [0.3, 0.4) is 0 Å². The van der Waals surface area contributed by atoms with Crippen LogP contribution in [0.25, 0.3) is 0 Å². The number of hydrogen-bond donors (Lipinski definition) is 1. The van der Waals surface area contributed by atoms with Gasteiger partial charge in [0.25, 0.3) is 0 Å². The summed E-state index contributed by atoms with van der Waals surface area (Å²) in [6.45, 7) is 17.2. The van der Waals surface area contributed by atoms with E-state index >= 15 is 0 Å². The van der Waals surface area contributed by atoms with Crippen LogP contribution in [0, 0.1) is 22.7 Å². The van der Waals surface area contributed by atoms with Gasteiger partial charge in [0.1, 0.15) is 0 Å². The third kappa shape index (κ3) is 3.98. The van der Waals surface area contributed by atoms with Gasteiger partial charge in [-0.05, 0) is 62.2 Å². The van der Waals surface area contributed by atoms with E-state index in [1.165, 1.54) is 6.42 Å². The molecule has 0 bridgehead atoms. The maximum atomic E-state index is 9.20. The van der Waals surface area contributed by atoms with Gasteiger partial charge >= 0.3 is 0 Å². The lowest BCUT2D eigenvalue weighted by molar-refractivity contribution is -0.163. The Balaban J connectivity index is 2.34. The molecule has 2 nitrogen and oxygen atoms in total. The van der Waals surface area contributed by atoms with Crippen molar-refractivity contribution in [3.05, 3.63) is 0 Å². The molecular weight excluding hydrogens is 248 g/mol. The minimum absolute atomic E-state index is 0.0827. The Morgan fingerprint density at radius 2 is 1.75 bits per heavy atom. The number of rotatable bonds is 8. The van der Waals surface area contributed by atoms with Crippen LogP contribution < -0.4 is 0 Å². The van der Waals surface area contributed by atoms with Crippen molar-refractivity contribution in [3.8, 4) is 0 Å². The fourth-order valence-corrected chi connectivity index (χ4v) is 3.15. The topological polar surface area (TPSA) is 29.5 Å². The highest BCUT2D eigenvalue weighted by molar-refractivity contribution is 5.01. The molecule has 0 aromatic rings. The van der Waals surface area contributed by atoms with Crippen molar-refractivity contribution < 1.29 is 9.84 Å². The van der Waals surface area contributed by atoms with Crippen molar-refractivity contribution in [1.29, 1.82) is 0 Å². The summed E-state index contributed by atoms with van der Waals surface area (Å²) in [7, 11) is 0. The summed E-state index contributed by atoms with van der Waals surface area (Å²) in [5.41, 5.74) is 0.546. The lowest BCUT2D eigenvalue weighted by Gasteiger charge is -2.54. The largest absolute Gasteiger partial charge is 0.396 e. The fourth-order valence-electron chi connectivity index (χ4n) is 3.15. The number of hydrogen-bond acceptors (Lipinski definition) is 2. The van der Waals surface area contributed by atoms with Crippen molar-refractivity contribution in [1.82, 2.24) is 0 Å². The zero-order valence-corrected chi connectivity index (χ0v) is 14.8. The van der Waals surface area contributed by atoms with Crippen LogP contribution in [0.5, 0.6) is 0 Å². The molecule has 0 spiro atoms. The maximum Gasteiger partial charge on any atom is 0.0680 e. The van der Waals surface area contributed by atoms with Crippen LogP contribution in [0.2, 0.25) is 0 Å². The van der Waals surface area contributed by atoms with Crippen molar-refractivity contribution in [2.24, 2.45) is 22.7 Å². The lowest BCUT2D eigenvalue weighted by Crippen LogP contribution is -2.52. The van der Waals surface area contributed by atoms with Crippen molar-refractivity contribution in [3.63, 3.8) is 0 Å². The number of aliphatic hydroxyl groups excluding tert-OH is 1. The average Bonchev–Trinajstić information content (AvgIpc) is 2.30. The second-order valence-electron chi connectivity index (χ2n) is 8.62. The van der Waals surface area contributed by atoms with E-state index in [1.54, 1.807) is 0 Å². The Bertz CT molecular complexity index is 299. The van der Waals surface area contributed by atoms with Gasteiger partial charge in [-0.25, -0.2) is 0 Å². The highest BCUT2D eigenvalue weighted by Gasteiger charge is 2.50. The van der Waals surface area contributed by atoms with Gasteiger partial charge in [0.15, 0.2) is 0 Å². The standard InChI is InChI=1S/C18H36O2/c1-14(2)16(3,4)9-8-10-20-17(5,6)18(7)11-15(12-18)13-19/h14-15,19H,8-13H2,1-7H3. The van der Waals surface area contributed by atoms with E-state index in [-0.39, 0.29) is 11.0 Å². The highest BCUT2D eigenvalue weighted by Crippen LogP contribution is 2.53. The summed E-state index contributed by atoms with van der Waals surface area (Å²) in [4.78, 5) is 0. The van der Waals surface area contributed by atoms with Gasteiger partial charge < -0.3 is 9.84 Å². The third-order valence-electron chi connectivity index (χ3n) is 6.18. The molecule has 2 heteroatoms. The predicted molar refractivity (Wildman–Crippen MR) is 85.8 cm³/mol. The second-order valence-corrected chi connectivity index (χ2v) is 8.62. The first-order valence-corrected chi connectivity index (χ1v) is 8.29. The first kappa shape index (κ1) is 18.0. The van der Waals surface area contributed by atoms with Crippen LogP contribution in [0.15, 0.2) is 0 Å². The minimum atomic E-state index is -0.0827. The first-order chi connectivity index (χ1) is 9.04. The summed E-state index contributed by atoms with van der Waals surface area (Å²) in [5, 5.41) is 9.20. The molecule has 1 saturated carbocycles. The van der Waals surface area contributed by atoms with Gasteiger partial charge in [-0.15, -0.1) is 0 Å². The van der Waals surface area contributed by atoms with Crippen LogP contribution >= 0.6 is 0 Å². The zero-order chi connectivity index (χ0) is 15.6. The summed E-state index contributed by atoms with van der Waals surface area (Å²) >= 11 is 0. The van der Waals surface area contributed by atoms with Crippen LogP contribution in [-0.4, -0.2) is 23.9 Å². The molecule has 1 aliphatic rings. The smallest absolute Gasteiger partial charge is 0.0680 e. The van der Waals surface area contributed by atoms with Gasteiger partial charge in [0.2, 0.25) is 0 Å².